The summed E-state index contributed by atoms with van der Waals surface area (Å²) in [4.78, 5) is 23.9. The molecule has 1 heterocycles. The van der Waals surface area contributed by atoms with Gasteiger partial charge in [0.15, 0.2) is 5.15 Å². The van der Waals surface area contributed by atoms with Crippen LogP contribution >= 0.6 is 23.2 Å². The van der Waals surface area contributed by atoms with Gasteiger partial charge in [0.25, 0.3) is 18.2 Å². The molecule has 2 rings (SSSR count). The second-order valence-electron chi connectivity index (χ2n) is 4.89. The maximum Gasteiger partial charge on any atom is 0.274 e. The average molecular weight is 377 g/mol. The molecule has 0 aliphatic carbocycles. The highest BCUT2D eigenvalue weighted by molar-refractivity contribution is 6.31. The van der Waals surface area contributed by atoms with Crippen molar-refractivity contribution in [2.75, 3.05) is 5.32 Å². The molecule has 2 aromatic rings. The summed E-state index contributed by atoms with van der Waals surface area (Å²) in [6.45, 7) is 0.815. The van der Waals surface area contributed by atoms with Crippen LogP contribution in [0.3, 0.4) is 0 Å². The summed E-state index contributed by atoms with van der Waals surface area (Å²) in [6.07, 6.45) is -2.72. The molecule has 0 saturated heterocycles. The second kappa shape index (κ2) is 7.14. The lowest BCUT2D eigenvalue weighted by molar-refractivity contribution is 0.0988. The minimum absolute atomic E-state index is 0.000582. The molecule has 0 unspecified atom stereocenters. The third-order valence-corrected chi connectivity index (χ3v) is 3.50. The SMILES string of the molecule is Cc1cc(Cl)cc(C(N)=O)c1NC(=O)c1cc(Cl)nn1CC(F)F. The Labute approximate surface area is 145 Å². The fourth-order valence-electron chi connectivity index (χ4n) is 2.12. The lowest BCUT2D eigenvalue weighted by Gasteiger charge is -2.13. The third-order valence-electron chi connectivity index (χ3n) is 3.10. The molecule has 2 amide bonds. The number of nitrogens with zero attached hydrogens (tertiary/aromatic N) is 2. The first-order valence-corrected chi connectivity index (χ1v) is 7.37. The molecule has 1 aromatic carbocycles. The largest absolute Gasteiger partial charge is 0.366 e. The van der Waals surface area contributed by atoms with E-state index in [0.29, 0.717) is 5.56 Å². The van der Waals surface area contributed by atoms with Gasteiger partial charge >= 0.3 is 0 Å². The molecule has 128 valence electrons. The number of nitrogens with one attached hydrogen (secondary N) is 1. The zero-order valence-corrected chi connectivity index (χ0v) is 13.8. The molecule has 0 saturated carbocycles. The zero-order chi connectivity index (χ0) is 18.0. The van der Waals surface area contributed by atoms with E-state index in [1.807, 2.05) is 0 Å². The molecule has 1 aromatic heterocycles. The standard InChI is InChI=1S/C14H12Cl2F2N4O2/c1-6-2-7(15)3-8(13(19)23)12(6)20-14(24)9-4-10(16)21-22(9)5-11(17)18/h2-4,11H,5H2,1H3,(H2,19,23)(H,20,24). The highest BCUT2D eigenvalue weighted by Gasteiger charge is 2.21. The Balaban J connectivity index is 2.39. The van der Waals surface area contributed by atoms with Gasteiger partial charge in [0.1, 0.15) is 12.2 Å². The normalized spacial score (nSPS) is 10.9. The molecule has 0 bridgehead atoms. The Bertz CT molecular complexity index is 808. The van der Waals surface area contributed by atoms with Crippen LogP contribution < -0.4 is 11.1 Å². The van der Waals surface area contributed by atoms with Gasteiger partial charge < -0.3 is 11.1 Å². The predicted molar refractivity (Wildman–Crippen MR) is 85.9 cm³/mol. The van der Waals surface area contributed by atoms with Crippen LogP contribution in [0.2, 0.25) is 10.2 Å². The van der Waals surface area contributed by atoms with E-state index >= 15 is 0 Å². The summed E-state index contributed by atoms with van der Waals surface area (Å²) in [6, 6.07) is 3.97. The molecule has 0 aliphatic heterocycles. The van der Waals surface area contributed by atoms with E-state index in [-0.39, 0.29) is 27.1 Å². The van der Waals surface area contributed by atoms with Crippen molar-refractivity contribution in [2.24, 2.45) is 5.73 Å². The summed E-state index contributed by atoms with van der Waals surface area (Å²) >= 11 is 11.6. The van der Waals surface area contributed by atoms with Crippen molar-refractivity contribution in [3.05, 3.63) is 45.2 Å². The fraction of sp³-hybridized carbons (Fsp3) is 0.214. The number of anilines is 1. The summed E-state index contributed by atoms with van der Waals surface area (Å²) in [7, 11) is 0. The van der Waals surface area contributed by atoms with Crippen molar-refractivity contribution in [1.29, 1.82) is 0 Å². The van der Waals surface area contributed by atoms with Gasteiger partial charge in [0, 0.05) is 11.1 Å². The number of nitrogens with two attached hydrogens (primary N) is 1. The number of carbonyl (C=O) groups excluding carboxylic acids is 2. The molecule has 3 N–H and O–H groups in total. The average Bonchev–Trinajstić information content (AvgIpc) is 2.81. The van der Waals surface area contributed by atoms with Crippen LogP contribution in [0.4, 0.5) is 14.5 Å². The highest BCUT2D eigenvalue weighted by Crippen LogP contribution is 2.26. The number of amides is 2. The van der Waals surface area contributed by atoms with Gasteiger partial charge in [-0.25, -0.2) is 8.78 Å². The Morgan fingerprint density at radius 2 is 2.00 bits per heavy atom. The maximum absolute atomic E-state index is 12.6. The molecular weight excluding hydrogens is 365 g/mol. The van der Waals surface area contributed by atoms with E-state index in [1.54, 1.807) is 6.92 Å². The molecule has 0 aliphatic rings. The molecule has 0 radical (unpaired) electrons. The molecule has 24 heavy (non-hydrogen) atoms. The van der Waals surface area contributed by atoms with E-state index < -0.39 is 24.8 Å². The Hall–Kier alpha value is -2.19. The number of rotatable bonds is 5. The van der Waals surface area contributed by atoms with Crippen LogP contribution in [-0.2, 0) is 6.54 Å². The summed E-state index contributed by atoms with van der Waals surface area (Å²) in [5.41, 5.74) is 5.72. The number of hydrogen-bond donors (Lipinski definition) is 2. The molecular formula is C14H12Cl2F2N4O2. The van der Waals surface area contributed by atoms with E-state index in [9.17, 15) is 18.4 Å². The van der Waals surface area contributed by atoms with Gasteiger partial charge in [-0.1, -0.05) is 23.2 Å². The number of alkyl halides is 2. The summed E-state index contributed by atoms with van der Waals surface area (Å²) in [5.74, 6) is -1.56. The molecule has 10 heteroatoms. The number of carbonyl (C=O) groups is 2. The topological polar surface area (TPSA) is 90.0 Å². The first-order chi connectivity index (χ1) is 11.2. The van der Waals surface area contributed by atoms with Crippen molar-refractivity contribution >= 4 is 40.7 Å². The number of halogens is 4. The van der Waals surface area contributed by atoms with E-state index in [1.165, 1.54) is 12.1 Å². The second-order valence-corrected chi connectivity index (χ2v) is 5.71. The van der Waals surface area contributed by atoms with Crippen LogP contribution in [0.25, 0.3) is 0 Å². The third kappa shape index (κ3) is 4.01. The smallest absolute Gasteiger partial charge is 0.274 e. The van der Waals surface area contributed by atoms with Crippen LogP contribution in [0, 0.1) is 6.92 Å². The van der Waals surface area contributed by atoms with Gasteiger partial charge in [-0.15, -0.1) is 0 Å². The first kappa shape index (κ1) is 18.2. The molecule has 0 spiro atoms. The molecule has 0 fully saturated rings. The predicted octanol–water partition coefficient (Wildman–Crippen LogP) is 3.11. The van der Waals surface area contributed by atoms with Gasteiger partial charge in [0.05, 0.1) is 11.3 Å². The van der Waals surface area contributed by atoms with Crippen molar-refractivity contribution in [3.63, 3.8) is 0 Å². The van der Waals surface area contributed by atoms with E-state index in [0.717, 1.165) is 10.7 Å². The fourth-order valence-corrected chi connectivity index (χ4v) is 2.59. The van der Waals surface area contributed by atoms with Crippen LogP contribution in [0.15, 0.2) is 18.2 Å². The Morgan fingerprint density at radius 3 is 2.58 bits per heavy atom. The minimum Gasteiger partial charge on any atom is -0.366 e. The van der Waals surface area contributed by atoms with Gasteiger partial charge in [0.2, 0.25) is 0 Å². The number of primary amides is 1. The lowest BCUT2D eigenvalue weighted by Crippen LogP contribution is -2.23. The van der Waals surface area contributed by atoms with E-state index in [4.69, 9.17) is 28.9 Å². The maximum atomic E-state index is 12.6. The number of hydrogen-bond acceptors (Lipinski definition) is 3. The minimum atomic E-state index is -2.72. The van der Waals surface area contributed by atoms with Crippen molar-refractivity contribution in [1.82, 2.24) is 9.78 Å². The van der Waals surface area contributed by atoms with E-state index in [2.05, 4.69) is 10.4 Å². The van der Waals surface area contributed by atoms with Crippen molar-refractivity contribution in [2.45, 2.75) is 19.9 Å². The zero-order valence-electron chi connectivity index (χ0n) is 12.3. The summed E-state index contributed by atoms with van der Waals surface area (Å²) in [5, 5.41) is 6.26. The number of aromatic nitrogens is 2. The van der Waals surface area contributed by atoms with Crippen molar-refractivity contribution in [3.8, 4) is 0 Å². The first-order valence-electron chi connectivity index (χ1n) is 6.62. The van der Waals surface area contributed by atoms with Crippen LogP contribution in [0.1, 0.15) is 26.4 Å². The van der Waals surface area contributed by atoms with Gasteiger partial charge in [-0.3, -0.25) is 14.3 Å². The quantitative estimate of drug-likeness (QED) is 0.839. The Morgan fingerprint density at radius 1 is 1.33 bits per heavy atom. The molecule has 6 nitrogen and oxygen atoms in total. The van der Waals surface area contributed by atoms with Crippen LogP contribution in [0.5, 0.6) is 0 Å². The van der Waals surface area contributed by atoms with Crippen LogP contribution in [-0.4, -0.2) is 28.0 Å². The van der Waals surface area contributed by atoms with Gasteiger partial charge in [-0.2, -0.15) is 5.10 Å². The highest BCUT2D eigenvalue weighted by atomic mass is 35.5. The monoisotopic (exact) mass is 376 g/mol. The Kier molecular flexibility index (Phi) is 5.40. The molecule has 0 atom stereocenters. The van der Waals surface area contributed by atoms with Crippen molar-refractivity contribution < 1.29 is 18.4 Å². The summed E-state index contributed by atoms with van der Waals surface area (Å²) < 4.78 is 25.9. The number of benzene rings is 1. The van der Waals surface area contributed by atoms with Gasteiger partial charge in [-0.05, 0) is 24.6 Å². The lowest BCUT2D eigenvalue weighted by atomic mass is 10.1. The number of aryl methyl sites for hydroxylation is 1.